The van der Waals surface area contributed by atoms with E-state index in [1.807, 2.05) is 18.2 Å². The van der Waals surface area contributed by atoms with E-state index in [1.165, 1.54) is 27.5 Å². The number of hydrogen-bond donors (Lipinski definition) is 0. The fraction of sp³-hybridized carbons (Fsp3) is 0. The van der Waals surface area contributed by atoms with E-state index < -0.39 is 0 Å². The first kappa shape index (κ1) is 12.2. The van der Waals surface area contributed by atoms with Gasteiger partial charge in [-0.3, -0.25) is 0 Å². The Morgan fingerprint density at radius 1 is 0.682 bits per heavy atom. The van der Waals surface area contributed by atoms with Gasteiger partial charge in [-0.1, -0.05) is 66.7 Å². The number of halogens is 1. The Morgan fingerprint density at radius 3 is 2.18 bits per heavy atom. The molecule has 1 heterocycles. The van der Waals surface area contributed by atoms with Crippen molar-refractivity contribution in [3.05, 3.63) is 71.2 Å². The lowest BCUT2D eigenvalue weighted by Gasteiger charge is -2.03. The Balaban J connectivity index is 1.87. The van der Waals surface area contributed by atoms with Crippen molar-refractivity contribution < 1.29 is 4.42 Å². The first-order valence-electron chi connectivity index (χ1n) is 7.25. The van der Waals surface area contributed by atoms with Gasteiger partial charge in [0.1, 0.15) is 11.5 Å². The van der Waals surface area contributed by atoms with Gasteiger partial charge in [-0.25, -0.2) is 0 Å². The minimum atomic E-state index is 0.900. The molecule has 104 valence electrons. The van der Waals surface area contributed by atoms with Gasteiger partial charge in [0.05, 0.1) is 4.47 Å². The molecule has 0 amide bonds. The summed E-state index contributed by atoms with van der Waals surface area (Å²) < 4.78 is 7.31. The molecule has 0 saturated carbocycles. The molecule has 4 aromatic rings. The maximum absolute atomic E-state index is 6.27. The van der Waals surface area contributed by atoms with E-state index in [0.717, 1.165) is 21.6 Å². The molecule has 5 rings (SSSR count). The minimum absolute atomic E-state index is 0.900. The maximum atomic E-state index is 6.27. The molecule has 0 bridgehead atoms. The second kappa shape index (κ2) is 4.34. The van der Waals surface area contributed by atoms with Gasteiger partial charge in [0.25, 0.3) is 0 Å². The van der Waals surface area contributed by atoms with Crippen LogP contribution in [-0.4, -0.2) is 0 Å². The summed E-state index contributed by atoms with van der Waals surface area (Å²) in [6.07, 6.45) is 0. The van der Waals surface area contributed by atoms with Gasteiger partial charge in [0.15, 0.2) is 0 Å². The van der Waals surface area contributed by atoms with Crippen molar-refractivity contribution in [1.29, 1.82) is 0 Å². The zero-order valence-corrected chi connectivity index (χ0v) is 13.2. The van der Waals surface area contributed by atoms with Crippen LogP contribution in [0.15, 0.2) is 75.6 Å². The minimum Gasteiger partial charge on any atom is -0.454 e. The predicted octanol–water partition coefficient (Wildman–Crippen LogP) is 6.51. The number of benzene rings is 3. The van der Waals surface area contributed by atoms with E-state index in [0.29, 0.717) is 0 Å². The molecule has 0 radical (unpaired) electrons. The molecule has 0 spiro atoms. The van der Waals surface area contributed by atoms with Crippen molar-refractivity contribution in [2.75, 3.05) is 0 Å². The van der Waals surface area contributed by atoms with Crippen LogP contribution in [0.2, 0.25) is 0 Å². The summed E-state index contributed by atoms with van der Waals surface area (Å²) in [7, 11) is 0. The maximum Gasteiger partial charge on any atom is 0.149 e. The first-order chi connectivity index (χ1) is 10.8. The number of furan rings is 1. The SMILES string of the molecule is Brc1c(-c2ccccc2)oc2c1-c1cccc3cccc-2c13. The average molecular weight is 347 g/mol. The van der Waals surface area contributed by atoms with E-state index >= 15 is 0 Å². The Bertz CT molecular complexity index is 1020. The highest BCUT2D eigenvalue weighted by Crippen LogP contribution is 2.54. The Kier molecular flexibility index (Phi) is 2.42. The van der Waals surface area contributed by atoms with Crippen LogP contribution in [0.5, 0.6) is 0 Å². The van der Waals surface area contributed by atoms with Crippen LogP contribution in [0.1, 0.15) is 0 Å². The van der Waals surface area contributed by atoms with Gasteiger partial charge < -0.3 is 4.42 Å². The van der Waals surface area contributed by atoms with Crippen LogP contribution in [0.3, 0.4) is 0 Å². The molecule has 1 aromatic heterocycles. The summed E-state index contributed by atoms with van der Waals surface area (Å²) in [6.45, 7) is 0. The fourth-order valence-corrected chi connectivity index (χ4v) is 4.06. The molecule has 0 N–H and O–H groups in total. The third-order valence-electron chi connectivity index (χ3n) is 4.30. The van der Waals surface area contributed by atoms with Crippen LogP contribution in [0, 0.1) is 0 Å². The van der Waals surface area contributed by atoms with Crippen molar-refractivity contribution in [1.82, 2.24) is 0 Å². The van der Waals surface area contributed by atoms with Gasteiger partial charge in [0.2, 0.25) is 0 Å². The summed E-state index contributed by atoms with van der Waals surface area (Å²) in [5.41, 5.74) is 4.70. The molecular formula is C20H11BrO. The van der Waals surface area contributed by atoms with Gasteiger partial charge >= 0.3 is 0 Å². The average Bonchev–Trinajstić information content (AvgIpc) is 3.07. The third kappa shape index (κ3) is 1.48. The molecule has 3 aromatic carbocycles. The van der Waals surface area contributed by atoms with Crippen molar-refractivity contribution in [2.45, 2.75) is 0 Å². The Labute approximate surface area is 136 Å². The van der Waals surface area contributed by atoms with E-state index in [2.05, 4.69) is 64.5 Å². The summed E-state index contributed by atoms with van der Waals surface area (Å²) in [5.74, 6) is 1.87. The molecule has 0 saturated heterocycles. The van der Waals surface area contributed by atoms with E-state index in [1.54, 1.807) is 0 Å². The van der Waals surface area contributed by atoms with E-state index in [4.69, 9.17) is 4.42 Å². The van der Waals surface area contributed by atoms with Crippen LogP contribution < -0.4 is 0 Å². The standard InChI is InChI=1S/C20H11BrO/c21-18-17-14-10-4-8-12-9-5-11-15(16(12)14)20(17)22-19(18)13-6-2-1-3-7-13/h1-11H. The summed E-state index contributed by atoms with van der Waals surface area (Å²) in [4.78, 5) is 0. The highest BCUT2D eigenvalue weighted by molar-refractivity contribution is 9.10. The van der Waals surface area contributed by atoms with Crippen LogP contribution in [0.25, 0.3) is 44.5 Å². The number of fused-ring (bicyclic) bond motifs is 3. The smallest absolute Gasteiger partial charge is 0.149 e. The highest BCUT2D eigenvalue weighted by atomic mass is 79.9. The Hall–Kier alpha value is -2.32. The molecular weight excluding hydrogens is 336 g/mol. The van der Waals surface area contributed by atoms with Crippen LogP contribution >= 0.6 is 15.9 Å². The summed E-state index contributed by atoms with van der Waals surface area (Å²) >= 11 is 3.77. The fourth-order valence-electron chi connectivity index (χ4n) is 3.36. The lowest BCUT2D eigenvalue weighted by molar-refractivity contribution is 0.598. The zero-order chi connectivity index (χ0) is 14.7. The second-order valence-corrected chi connectivity index (χ2v) is 6.32. The molecule has 0 atom stereocenters. The van der Waals surface area contributed by atoms with Crippen molar-refractivity contribution in [2.24, 2.45) is 0 Å². The molecule has 2 heteroatoms. The number of rotatable bonds is 1. The van der Waals surface area contributed by atoms with Gasteiger partial charge in [0, 0.05) is 22.1 Å². The predicted molar refractivity (Wildman–Crippen MR) is 93.8 cm³/mol. The van der Waals surface area contributed by atoms with Gasteiger partial charge in [-0.2, -0.15) is 0 Å². The largest absolute Gasteiger partial charge is 0.454 e. The summed E-state index contributed by atoms with van der Waals surface area (Å²) in [6, 6.07) is 23.1. The topological polar surface area (TPSA) is 13.1 Å². The van der Waals surface area contributed by atoms with Crippen molar-refractivity contribution in [3.63, 3.8) is 0 Å². The van der Waals surface area contributed by atoms with Crippen molar-refractivity contribution in [3.8, 4) is 33.8 Å². The second-order valence-electron chi connectivity index (χ2n) is 5.52. The molecule has 0 fully saturated rings. The van der Waals surface area contributed by atoms with Crippen LogP contribution in [0.4, 0.5) is 0 Å². The van der Waals surface area contributed by atoms with Gasteiger partial charge in [-0.15, -0.1) is 0 Å². The van der Waals surface area contributed by atoms with E-state index in [9.17, 15) is 0 Å². The summed E-state index contributed by atoms with van der Waals surface area (Å²) in [5, 5.41) is 2.55. The number of hydrogen-bond acceptors (Lipinski definition) is 1. The van der Waals surface area contributed by atoms with E-state index in [-0.39, 0.29) is 0 Å². The molecule has 22 heavy (non-hydrogen) atoms. The lowest BCUT2D eigenvalue weighted by atomic mass is 10.0. The third-order valence-corrected chi connectivity index (χ3v) is 5.06. The first-order valence-corrected chi connectivity index (χ1v) is 8.04. The Morgan fingerprint density at radius 2 is 1.41 bits per heavy atom. The molecule has 1 aliphatic rings. The molecule has 1 nitrogen and oxygen atoms in total. The zero-order valence-electron chi connectivity index (χ0n) is 11.6. The normalized spacial score (nSPS) is 11.9. The van der Waals surface area contributed by atoms with Crippen molar-refractivity contribution >= 4 is 26.7 Å². The molecule has 0 aliphatic heterocycles. The lowest BCUT2D eigenvalue weighted by Crippen LogP contribution is -1.78. The van der Waals surface area contributed by atoms with Crippen LogP contribution in [-0.2, 0) is 0 Å². The quantitative estimate of drug-likeness (QED) is 0.337. The monoisotopic (exact) mass is 346 g/mol. The van der Waals surface area contributed by atoms with Gasteiger partial charge in [-0.05, 0) is 26.9 Å². The highest BCUT2D eigenvalue weighted by Gasteiger charge is 2.29. The molecule has 1 aliphatic carbocycles. The molecule has 0 unspecified atom stereocenters.